The summed E-state index contributed by atoms with van der Waals surface area (Å²) in [5.41, 5.74) is 1.46. The van der Waals surface area contributed by atoms with Crippen molar-refractivity contribution in [2.75, 3.05) is 33.8 Å². The van der Waals surface area contributed by atoms with Crippen LogP contribution < -0.4 is 0 Å². The number of ether oxygens (including phenoxy) is 1. The summed E-state index contributed by atoms with van der Waals surface area (Å²) >= 11 is 0. The van der Waals surface area contributed by atoms with Crippen LogP contribution in [0.2, 0.25) is 0 Å². The Morgan fingerprint density at radius 3 is 2.70 bits per heavy atom. The number of hydrogen-bond donors (Lipinski definition) is 0. The molecule has 0 unspecified atom stereocenters. The van der Waals surface area contributed by atoms with E-state index < -0.39 is 0 Å². The largest absolute Gasteiger partial charge is 0.373 e. The molecule has 3 heterocycles. The first-order chi connectivity index (χ1) is 9.56. The Bertz CT molecular complexity index is 448. The van der Waals surface area contributed by atoms with E-state index in [2.05, 4.69) is 35.2 Å². The van der Waals surface area contributed by atoms with Crippen LogP contribution in [0, 0.1) is 0 Å². The lowest BCUT2D eigenvalue weighted by Crippen LogP contribution is -2.44. The molecule has 0 N–H and O–H groups in total. The second kappa shape index (κ2) is 5.47. The van der Waals surface area contributed by atoms with Gasteiger partial charge in [-0.3, -0.25) is 9.58 Å². The van der Waals surface area contributed by atoms with Crippen LogP contribution in [-0.4, -0.2) is 65.0 Å². The van der Waals surface area contributed by atoms with Gasteiger partial charge in [-0.15, -0.1) is 0 Å². The molecule has 1 atom stereocenters. The van der Waals surface area contributed by atoms with E-state index in [0.29, 0.717) is 6.04 Å². The highest BCUT2D eigenvalue weighted by Gasteiger charge is 2.43. The summed E-state index contributed by atoms with van der Waals surface area (Å²) in [5.74, 6) is 0. The van der Waals surface area contributed by atoms with Crippen molar-refractivity contribution in [3.63, 3.8) is 0 Å². The molecule has 1 spiro atoms. The van der Waals surface area contributed by atoms with E-state index in [1.54, 1.807) is 0 Å². The predicted octanol–water partition coefficient (Wildman–Crippen LogP) is 1.11. The highest BCUT2D eigenvalue weighted by atomic mass is 16.5. The first-order valence-corrected chi connectivity index (χ1v) is 7.57. The van der Waals surface area contributed by atoms with Gasteiger partial charge in [0.25, 0.3) is 0 Å². The zero-order chi connectivity index (χ0) is 14.2. The van der Waals surface area contributed by atoms with Gasteiger partial charge in [-0.2, -0.15) is 5.10 Å². The molecule has 20 heavy (non-hydrogen) atoms. The first-order valence-electron chi connectivity index (χ1n) is 7.57. The van der Waals surface area contributed by atoms with Gasteiger partial charge in [-0.05, 0) is 33.4 Å². The average molecular weight is 278 g/mol. The Labute approximate surface area is 121 Å². The first kappa shape index (κ1) is 14.0. The topological polar surface area (TPSA) is 33.5 Å². The fourth-order valence-electron chi connectivity index (χ4n) is 3.43. The Morgan fingerprint density at radius 2 is 2.15 bits per heavy atom. The van der Waals surface area contributed by atoms with Crippen LogP contribution in [0.3, 0.4) is 0 Å². The Hall–Kier alpha value is -0.910. The van der Waals surface area contributed by atoms with Gasteiger partial charge in [-0.25, -0.2) is 0 Å². The number of piperidine rings is 1. The number of rotatable bonds is 3. The summed E-state index contributed by atoms with van der Waals surface area (Å²) in [5, 5.41) is 4.24. The van der Waals surface area contributed by atoms with Gasteiger partial charge in [0.1, 0.15) is 0 Å². The number of nitrogens with zero attached hydrogens (tertiary/aromatic N) is 4. The summed E-state index contributed by atoms with van der Waals surface area (Å²) < 4.78 is 8.05. The Kier molecular flexibility index (Phi) is 3.84. The van der Waals surface area contributed by atoms with Crippen molar-refractivity contribution in [3.8, 4) is 0 Å². The summed E-state index contributed by atoms with van der Waals surface area (Å²) in [4.78, 5) is 4.82. The maximum atomic E-state index is 6.17. The molecule has 5 nitrogen and oxygen atoms in total. The third-order valence-corrected chi connectivity index (χ3v) is 4.85. The van der Waals surface area contributed by atoms with Crippen molar-refractivity contribution in [2.24, 2.45) is 7.05 Å². The maximum absolute atomic E-state index is 6.17. The van der Waals surface area contributed by atoms with Crippen molar-refractivity contribution in [1.82, 2.24) is 19.6 Å². The number of hydrogen-bond acceptors (Lipinski definition) is 4. The highest BCUT2D eigenvalue weighted by Crippen LogP contribution is 2.37. The standard InChI is InChI=1S/C15H26N4O/c1-17(2)14-8-15(20-12-14)4-6-19(7-5-15)11-13-9-16-18(3)10-13/h9-10,14H,4-8,11-12H2,1-3H3/t14-/m1/s1. The zero-order valence-corrected chi connectivity index (χ0v) is 12.9. The lowest BCUT2D eigenvalue weighted by molar-refractivity contribution is -0.0451. The molecule has 5 heteroatoms. The second-order valence-electron chi connectivity index (χ2n) is 6.61. The van der Waals surface area contributed by atoms with E-state index in [1.807, 2.05) is 17.9 Å². The number of likely N-dealkylation sites (N-methyl/N-ethyl adjacent to an activating group) is 1. The minimum Gasteiger partial charge on any atom is -0.373 e. The van der Waals surface area contributed by atoms with E-state index in [9.17, 15) is 0 Å². The molecule has 0 aromatic carbocycles. The van der Waals surface area contributed by atoms with Crippen molar-refractivity contribution in [1.29, 1.82) is 0 Å². The normalized spacial score (nSPS) is 26.7. The minimum absolute atomic E-state index is 0.153. The van der Waals surface area contributed by atoms with Crippen LogP contribution in [0.25, 0.3) is 0 Å². The number of aryl methyl sites for hydroxylation is 1. The highest BCUT2D eigenvalue weighted by molar-refractivity contribution is 5.04. The van der Waals surface area contributed by atoms with E-state index in [0.717, 1.165) is 39.1 Å². The third-order valence-electron chi connectivity index (χ3n) is 4.85. The molecule has 0 radical (unpaired) electrons. The summed E-state index contributed by atoms with van der Waals surface area (Å²) in [7, 11) is 6.29. The minimum atomic E-state index is 0.153. The van der Waals surface area contributed by atoms with Gasteiger partial charge >= 0.3 is 0 Å². The lowest BCUT2D eigenvalue weighted by atomic mass is 9.87. The Morgan fingerprint density at radius 1 is 1.40 bits per heavy atom. The summed E-state index contributed by atoms with van der Waals surface area (Å²) in [6.45, 7) is 4.18. The number of likely N-dealkylation sites (tertiary alicyclic amines) is 1. The molecule has 1 aromatic heterocycles. The average Bonchev–Trinajstić information content (AvgIpc) is 3.00. The van der Waals surface area contributed by atoms with Crippen LogP contribution in [0.4, 0.5) is 0 Å². The van der Waals surface area contributed by atoms with Gasteiger partial charge in [0.15, 0.2) is 0 Å². The fourth-order valence-corrected chi connectivity index (χ4v) is 3.43. The van der Waals surface area contributed by atoms with Gasteiger partial charge < -0.3 is 9.64 Å². The summed E-state index contributed by atoms with van der Waals surface area (Å²) in [6.07, 6.45) is 7.60. The van der Waals surface area contributed by atoms with Crippen molar-refractivity contribution >= 4 is 0 Å². The van der Waals surface area contributed by atoms with Crippen LogP contribution in [0.15, 0.2) is 12.4 Å². The van der Waals surface area contributed by atoms with E-state index in [1.165, 1.54) is 12.0 Å². The predicted molar refractivity (Wildman–Crippen MR) is 78.5 cm³/mol. The van der Waals surface area contributed by atoms with Crippen LogP contribution >= 0.6 is 0 Å². The van der Waals surface area contributed by atoms with Gasteiger partial charge in [0, 0.05) is 44.5 Å². The molecule has 1 aromatic rings. The maximum Gasteiger partial charge on any atom is 0.0723 e. The molecule has 112 valence electrons. The van der Waals surface area contributed by atoms with Gasteiger partial charge in [-0.1, -0.05) is 0 Å². The molecular weight excluding hydrogens is 252 g/mol. The SMILES string of the molecule is CN(C)[C@H]1COC2(CCN(Cc3cnn(C)c3)CC2)C1. The molecule has 2 aliphatic rings. The van der Waals surface area contributed by atoms with E-state index >= 15 is 0 Å². The van der Waals surface area contributed by atoms with Crippen LogP contribution in [-0.2, 0) is 18.3 Å². The molecule has 2 saturated heterocycles. The van der Waals surface area contributed by atoms with Gasteiger partial charge in [0.2, 0.25) is 0 Å². The lowest BCUT2D eigenvalue weighted by Gasteiger charge is -2.38. The van der Waals surface area contributed by atoms with Crippen LogP contribution in [0.1, 0.15) is 24.8 Å². The number of aromatic nitrogens is 2. The zero-order valence-electron chi connectivity index (χ0n) is 12.9. The quantitative estimate of drug-likeness (QED) is 0.829. The third kappa shape index (κ3) is 2.90. The molecule has 0 amide bonds. The summed E-state index contributed by atoms with van der Waals surface area (Å²) in [6, 6.07) is 0.597. The van der Waals surface area contributed by atoms with Gasteiger partial charge in [0.05, 0.1) is 18.4 Å². The second-order valence-corrected chi connectivity index (χ2v) is 6.61. The van der Waals surface area contributed by atoms with Crippen LogP contribution in [0.5, 0.6) is 0 Å². The monoisotopic (exact) mass is 278 g/mol. The molecule has 3 rings (SSSR count). The molecule has 2 aliphatic heterocycles. The van der Waals surface area contributed by atoms with E-state index in [-0.39, 0.29) is 5.60 Å². The molecule has 0 aliphatic carbocycles. The van der Waals surface area contributed by atoms with E-state index in [4.69, 9.17) is 4.74 Å². The molecule has 0 saturated carbocycles. The smallest absolute Gasteiger partial charge is 0.0723 e. The fraction of sp³-hybridized carbons (Fsp3) is 0.800. The molecule has 0 bridgehead atoms. The molecular formula is C15H26N4O. The Balaban J connectivity index is 1.52. The van der Waals surface area contributed by atoms with Crippen molar-refractivity contribution < 1.29 is 4.74 Å². The van der Waals surface area contributed by atoms with Crippen molar-refractivity contribution in [3.05, 3.63) is 18.0 Å². The van der Waals surface area contributed by atoms with Crippen molar-refractivity contribution in [2.45, 2.75) is 37.5 Å². The molecule has 2 fully saturated rings.